The molecule has 1 rings (SSSR count). The van der Waals surface area contributed by atoms with Crippen LogP contribution in [-0.4, -0.2) is 24.8 Å². The third-order valence-electron chi connectivity index (χ3n) is 3.31. The predicted molar refractivity (Wildman–Crippen MR) is 86.8 cm³/mol. The van der Waals surface area contributed by atoms with Crippen LogP contribution in [0.4, 0.5) is 4.79 Å². The van der Waals surface area contributed by atoms with Crippen LogP contribution in [0.3, 0.4) is 0 Å². The summed E-state index contributed by atoms with van der Waals surface area (Å²) in [5.74, 6) is 0. The topological polar surface area (TPSA) is 64.3 Å². The Balaban J connectivity index is 2.83. The van der Waals surface area contributed by atoms with Crippen molar-refractivity contribution in [3.63, 3.8) is 0 Å². The Hall–Kier alpha value is -1.26. The summed E-state index contributed by atoms with van der Waals surface area (Å²) in [5.41, 5.74) is 7.18. The van der Waals surface area contributed by atoms with Crippen molar-refractivity contribution in [3.05, 3.63) is 34.3 Å². The molecular weight excluding hydrogens is 288 g/mol. The fourth-order valence-electron chi connectivity index (χ4n) is 2.16. The molecule has 1 aromatic rings. The molecule has 1 amide bonds. The molecular formula is C16H25ClN2O2. The number of aryl methyl sites for hydroxylation is 1. The Morgan fingerprint density at radius 2 is 1.95 bits per heavy atom. The predicted octanol–water partition coefficient (Wildman–Crippen LogP) is 3.39. The van der Waals surface area contributed by atoms with Gasteiger partial charge in [-0.15, -0.1) is 0 Å². The number of nitrogens with one attached hydrogen (secondary N) is 1. The minimum atomic E-state index is -0.514. The summed E-state index contributed by atoms with van der Waals surface area (Å²) in [6, 6.07) is 5.70. The number of nitrogens with two attached hydrogens (primary N) is 1. The monoisotopic (exact) mass is 312 g/mol. The lowest BCUT2D eigenvalue weighted by atomic mass is 9.80. The molecule has 4 nitrogen and oxygen atoms in total. The van der Waals surface area contributed by atoms with Gasteiger partial charge in [0, 0.05) is 23.5 Å². The van der Waals surface area contributed by atoms with Gasteiger partial charge in [-0.25, -0.2) is 4.79 Å². The van der Waals surface area contributed by atoms with Crippen LogP contribution in [0, 0.1) is 6.92 Å². The molecule has 0 radical (unpaired) electrons. The van der Waals surface area contributed by atoms with Crippen molar-refractivity contribution in [3.8, 4) is 0 Å². The van der Waals surface area contributed by atoms with Gasteiger partial charge in [0.15, 0.2) is 0 Å². The number of hydrogen-bond donors (Lipinski definition) is 2. The quantitative estimate of drug-likeness (QED) is 0.895. The van der Waals surface area contributed by atoms with Crippen LogP contribution in [0.25, 0.3) is 0 Å². The first-order valence-corrected chi connectivity index (χ1v) is 7.39. The highest BCUT2D eigenvalue weighted by Gasteiger charge is 2.28. The largest absolute Gasteiger partial charge is 0.444 e. The van der Waals surface area contributed by atoms with Crippen LogP contribution < -0.4 is 11.1 Å². The van der Waals surface area contributed by atoms with Crippen molar-refractivity contribution in [1.82, 2.24) is 5.32 Å². The van der Waals surface area contributed by atoms with E-state index in [1.165, 1.54) is 0 Å². The summed E-state index contributed by atoms with van der Waals surface area (Å²) in [6.45, 7) is 10.3. The number of carbonyl (C=O) groups is 1. The molecule has 1 atom stereocenters. The highest BCUT2D eigenvalue weighted by Crippen LogP contribution is 2.27. The van der Waals surface area contributed by atoms with Gasteiger partial charge in [-0.3, -0.25) is 0 Å². The Morgan fingerprint density at radius 1 is 1.33 bits per heavy atom. The number of halogens is 1. The molecule has 1 aromatic carbocycles. The van der Waals surface area contributed by atoms with E-state index in [9.17, 15) is 4.79 Å². The number of alkyl carbamates (subject to hydrolysis) is 1. The molecule has 5 heteroatoms. The van der Waals surface area contributed by atoms with Crippen LogP contribution >= 0.6 is 11.6 Å². The number of carbonyl (C=O) groups excluding carboxylic acids is 1. The number of hydrogen-bond acceptors (Lipinski definition) is 3. The highest BCUT2D eigenvalue weighted by molar-refractivity contribution is 6.30. The maximum atomic E-state index is 11.8. The molecule has 21 heavy (non-hydrogen) atoms. The van der Waals surface area contributed by atoms with E-state index in [0.717, 1.165) is 11.1 Å². The van der Waals surface area contributed by atoms with Crippen molar-refractivity contribution in [2.75, 3.05) is 13.1 Å². The second kappa shape index (κ2) is 6.67. The van der Waals surface area contributed by atoms with Crippen LogP contribution in [0.15, 0.2) is 18.2 Å². The van der Waals surface area contributed by atoms with Gasteiger partial charge in [-0.05, 0) is 51.0 Å². The molecule has 0 fully saturated rings. The molecule has 0 saturated carbocycles. The Kier molecular flexibility index (Phi) is 5.65. The van der Waals surface area contributed by atoms with Crippen LogP contribution in [0.5, 0.6) is 0 Å². The summed E-state index contributed by atoms with van der Waals surface area (Å²) >= 11 is 5.99. The van der Waals surface area contributed by atoms with Crippen molar-refractivity contribution in [2.45, 2.75) is 45.6 Å². The van der Waals surface area contributed by atoms with Gasteiger partial charge in [0.05, 0.1) is 0 Å². The molecule has 0 aromatic heterocycles. The Labute approximate surface area is 132 Å². The van der Waals surface area contributed by atoms with Crippen molar-refractivity contribution in [1.29, 1.82) is 0 Å². The average Bonchev–Trinajstić information content (AvgIpc) is 2.34. The second-order valence-electron chi connectivity index (χ2n) is 6.58. The second-order valence-corrected chi connectivity index (χ2v) is 7.02. The molecule has 0 aliphatic heterocycles. The van der Waals surface area contributed by atoms with Gasteiger partial charge in [0.2, 0.25) is 0 Å². The van der Waals surface area contributed by atoms with Gasteiger partial charge >= 0.3 is 6.09 Å². The lowest BCUT2D eigenvalue weighted by Crippen LogP contribution is -2.45. The van der Waals surface area contributed by atoms with Gasteiger partial charge < -0.3 is 15.8 Å². The zero-order valence-electron chi connectivity index (χ0n) is 13.4. The van der Waals surface area contributed by atoms with E-state index in [4.69, 9.17) is 22.1 Å². The molecule has 0 aliphatic carbocycles. The van der Waals surface area contributed by atoms with E-state index >= 15 is 0 Å². The SMILES string of the molecule is Cc1cc(Cl)ccc1C(C)(CN)CNC(=O)OC(C)(C)C. The molecule has 0 heterocycles. The number of ether oxygens (including phenoxy) is 1. The van der Waals surface area contributed by atoms with E-state index in [2.05, 4.69) is 5.32 Å². The summed E-state index contributed by atoms with van der Waals surface area (Å²) in [7, 11) is 0. The number of benzene rings is 1. The smallest absolute Gasteiger partial charge is 0.407 e. The van der Waals surface area contributed by atoms with Gasteiger partial charge in [0.1, 0.15) is 5.60 Å². The van der Waals surface area contributed by atoms with Crippen LogP contribution in [0.1, 0.15) is 38.8 Å². The van der Waals surface area contributed by atoms with E-state index in [0.29, 0.717) is 18.1 Å². The van der Waals surface area contributed by atoms with E-state index < -0.39 is 11.7 Å². The number of amides is 1. The molecule has 0 aliphatic rings. The number of rotatable bonds is 4. The van der Waals surface area contributed by atoms with Crippen LogP contribution in [-0.2, 0) is 10.2 Å². The lowest BCUT2D eigenvalue weighted by molar-refractivity contribution is 0.0516. The molecule has 118 valence electrons. The first-order chi connectivity index (χ1) is 9.57. The van der Waals surface area contributed by atoms with Crippen molar-refractivity contribution < 1.29 is 9.53 Å². The average molecular weight is 313 g/mol. The summed E-state index contributed by atoms with van der Waals surface area (Å²) in [5, 5.41) is 3.49. The molecule has 3 N–H and O–H groups in total. The zero-order valence-corrected chi connectivity index (χ0v) is 14.2. The van der Waals surface area contributed by atoms with E-state index in [-0.39, 0.29) is 5.41 Å². The molecule has 0 saturated heterocycles. The normalized spacial score (nSPS) is 14.4. The molecule has 1 unspecified atom stereocenters. The van der Waals surface area contributed by atoms with E-state index in [1.54, 1.807) is 0 Å². The minimum absolute atomic E-state index is 0.369. The Bertz CT molecular complexity index is 511. The fraction of sp³-hybridized carbons (Fsp3) is 0.562. The zero-order chi connectivity index (χ0) is 16.3. The fourth-order valence-corrected chi connectivity index (χ4v) is 2.39. The third-order valence-corrected chi connectivity index (χ3v) is 3.55. The summed E-state index contributed by atoms with van der Waals surface area (Å²) in [6.07, 6.45) is -0.436. The van der Waals surface area contributed by atoms with Gasteiger partial charge in [-0.2, -0.15) is 0 Å². The molecule has 0 spiro atoms. The third kappa shape index (κ3) is 5.21. The summed E-state index contributed by atoms with van der Waals surface area (Å²) < 4.78 is 5.25. The molecule has 0 bridgehead atoms. The van der Waals surface area contributed by atoms with Gasteiger partial charge in [-0.1, -0.05) is 24.6 Å². The lowest BCUT2D eigenvalue weighted by Gasteiger charge is -2.31. The van der Waals surface area contributed by atoms with Crippen molar-refractivity contribution >= 4 is 17.7 Å². The van der Waals surface area contributed by atoms with Gasteiger partial charge in [0.25, 0.3) is 0 Å². The minimum Gasteiger partial charge on any atom is -0.444 e. The highest BCUT2D eigenvalue weighted by atomic mass is 35.5. The van der Waals surface area contributed by atoms with Crippen LogP contribution in [0.2, 0.25) is 5.02 Å². The first kappa shape index (κ1) is 17.8. The Morgan fingerprint density at radius 3 is 2.43 bits per heavy atom. The maximum absolute atomic E-state index is 11.8. The first-order valence-electron chi connectivity index (χ1n) is 7.01. The summed E-state index contributed by atoms with van der Waals surface area (Å²) in [4.78, 5) is 11.8. The van der Waals surface area contributed by atoms with Crippen molar-refractivity contribution in [2.24, 2.45) is 5.73 Å². The van der Waals surface area contributed by atoms with E-state index in [1.807, 2.05) is 52.8 Å². The standard InChI is InChI=1S/C16H25ClN2O2/c1-11-8-12(17)6-7-13(11)16(5,9-18)10-19-14(20)21-15(2,3)4/h6-8H,9-10,18H2,1-5H3,(H,19,20). The maximum Gasteiger partial charge on any atom is 0.407 e.